The van der Waals surface area contributed by atoms with Gasteiger partial charge < -0.3 is 0 Å². The first-order valence-corrected chi connectivity index (χ1v) is 4.57. The van der Waals surface area contributed by atoms with Crippen molar-refractivity contribution in [1.82, 2.24) is 4.98 Å². The molecule has 2 aromatic rings. The highest BCUT2D eigenvalue weighted by atomic mass is 79.9. The highest BCUT2D eigenvalue weighted by molar-refractivity contribution is 9.10. The quantitative estimate of drug-likeness (QED) is 0.702. The molecule has 1 heterocycles. The van der Waals surface area contributed by atoms with Gasteiger partial charge in [0.25, 0.3) is 0 Å². The number of hydrogen-bond donors (Lipinski definition) is 0. The Morgan fingerprint density at radius 2 is 2.08 bits per heavy atom. The summed E-state index contributed by atoms with van der Waals surface area (Å²) in [5.74, 6) is 0. The fraction of sp³-hybridized carbons (Fsp3) is 0.100. The third-order valence-electron chi connectivity index (χ3n) is 1.80. The van der Waals surface area contributed by atoms with E-state index in [0.29, 0.717) is 0 Å². The number of hydrogen-bond acceptors (Lipinski definition) is 1. The van der Waals surface area contributed by atoms with Crippen LogP contribution in [-0.4, -0.2) is 4.98 Å². The molecule has 0 aliphatic rings. The van der Waals surface area contributed by atoms with E-state index in [-0.39, 0.29) is 12.4 Å². The maximum Gasteiger partial charge on any atom is 0.0844 e. The molecule has 0 spiro atoms. The van der Waals surface area contributed by atoms with E-state index in [1.807, 2.05) is 12.3 Å². The number of fused-ring (bicyclic) bond motifs is 1. The number of aryl methyl sites for hydroxylation is 1. The van der Waals surface area contributed by atoms with E-state index in [9.17, 15) is 0 Å². The van der Waals surface area contributed by atoms with Gasteiger partial charge in [-0.2, -0.15) is 0 Å². The smallest absolute Gasteiger partial charge is 0.0844 e. The summed E-state index contributed by atoms with van der Waals surface area (Å²) in [6.07, 6.45) is 1.81. The predicted octanol–water partition coefficient (Wildman–Crippen LogP) is 3.73. The van der Waals surface area contributed by atoms with Crippen LogP contribution >= 0.6 is 28.3 Å². The summed E-state index contributed by atoms with van der Waals surface area (Å²) in [4.78, 5) is 4.27. The molecular formula is C10H9BrClN. The summed E-state index contributed by atoms with van der Waals surface area (Å²) in [7, 11) is 0. The van der Waals surface area contributed by atoms with Crippen molar-refractivity contribution in [3.8, 4) is 0 Å². The van der Waals surface area contributed by atoms with Crippen molar-refractivity contribution in [2.24, 2.45) is 0 Å². The Morgan fingerprint density at radius 3 is 2.85 bits per heavy atom. The van der Waals surface area contributed by atoms with Crippen LogP contribution in [0.1, 0.15) is 5.56 Å². The minimum Gasteiger partial charge on any atom is -0.255 e. The van der Waals surface area contributed by atoms with Gasteiger partial charge in [-0.3, -0.25) is 4.98 Å². The molecule has 0 fully saturated rings. The molecule has 68 valence electrons. The van der Waals surface area contributed by atoms with E-state index >= 15 is 0 Å². The average Bonchev–Trinajstić information content (AvgIpc) is 2.04. The van der Waals surface area contributed by atoms with Gasteiger partial charge in [0.2, 0.25) is 0 Å². The van der Waals surface area contributed by atoms with Crippen molar-refractivity contribution in [2.45, 2.75) is 6.92 Å². The van der Waals surface area contributed by atoms with Crippen molar-refractivity contribution >= 4 is 39.2 Å². The zero-order chi connectivity index (χ0) is 8.55. The van der Waals surface area contributed by atoms with E-state index in [1.54, 1.807) is 0 Å². The monoisotopic (exact) mass is 257 g/mol. The Kier molecular flexibility index (Phi) is 3.28. The van der Waals surface area contributed by atoms with Crippen LogP contribution in [0, 0.1) is 6.92 Å². The van der Waals surface area contributed by atoms with Gasteiger partial charge in [0.1, 0.15) is 0 Å². The molecule has 2 rings (SSSR count). The van der Waals surface area contributed by atoms with Gasteiger partial charge in [0.05, 0.1) is 5.52 Å². The summed E-state index contributed by atoms with van der Waals surface area (Å²) >= 11 is 3.49. The van der Waals surface area contributed by atoms with Crippen LogP contribution < -0.4 is 0 Å². The molecule has 0 N–H and O–H groups in total. The second-order valence-electron chi connectivity index (χ2n) is 2.82. The molecule has 0 bridgehead atoms. The molecule has 0 aliphatic heterocycles. The predicted molar refractivity (Wildman–Crippen MR) is 61.4 cm³/mol. The summed E-state index contributed by atoms with van der Waals surface area (Å²) in [5.41, 5.74) is 2.28. The fourth-order valence-electron chi connectivity index (χ4n) is 1.29. The van der Waals surface area contributed by atoms with Crippen molar-refractivity contribution in [2.75, 3.05) is 0 Å². The van der Waals surface area contributed by atoms with Gasteiger partial charge in [0.15, 0.2) is 0 Å². The van der Waals surface area contributed by atoms with Gasteiger partial charge in [-0.15, -0.1) is 12.4 Å². The Hall–Kier alpha value is -0.600. The zero-order valence-corrected chi connectivity index (χ0v) is 9.52. The number of benzene rings is 1. The van der Waals surface area contributed by atoms with Crippen LogP contribution in [0.3, 0.4) is 0 Å². The summed E-state index contributed by atoms with van der Waals surface area (Å²) in [6.45, 7) is 2.08. The summed E-state index contributed by atoms with van der Waals surface area (Å²) < 4.78 is 1.07. The number of rotatable bonds is 0. The molecule has 0 saturated heterocycles. The van der Waals surface area contributed by atoms with Gasteiger partial charge in [-0.25, -0.2) is 0 Å². The Morgan fingerprint density at radius 1 is 1.31 bits per heavy atom. The summed E-state index contributed by atoms with van der Waals surface area (Å²) in [5, 5.41) is 1.18. The highest BCUT2D eigenvalue weighted by Gasteiger charge is 1.98. The number of nitrogens with zero attached hydrogens (tertiary/aromatic N) is 1. The van der Waals surface area contributed by atoms with Crippen molar-refractivity contribution in [3.63, 3.8) is 0 Å². The van der Waals surface area contributed by atoms with Crippen LogP contribution in [0.5, 0.6) is 0 Å². The van der Waals surface area contributed by atoms with Crippen molar-refractivity contribution in [1.29, 1.82) is 0 Å². The first kappa shape index (κ1) is 10.5. The normalized spacial score (nSPS) is 9.69. The largest absolute Gasteiger partial charge is 0.255 e. The lowest BCUT2D eigenvalue weighted by atomic mass is 10.1. The van der Waals surface area contributed by atoms with Crippen molar-refractivity contribution < 1.29 is 0 Å². The van der Waals surface area contributed by atoms with E-state index in [0.717, 1.165) is 9.99 Å². The van der Waals surface area contributed by atoms with E-state index in [1.165, 1.54) is 10.9 Å². The molecule has 0 saturated carbocycles. The Labute approximate surface area is 91.7 Å². The highest BCUT2D eigenvalue weighted by Crippen LogP contribution is 2.22. The minimum absolute atomic E-state index is 0. The average molecular weight is 259 g/mol. The fourth-order valence-corrected chi connectivity index (χ4v) is 1.98. The lowest BCUT2D eigenvalue weighted by molar-refractivity contribution is 1.38. The van der Waals surface area contributed by atoms with E-state index in [4.69, 9.17) is 0 Å². The maximum absolute atomic E-state index is 4.27. The Balaban J connectivity index is 0.000000845. The van der Waals surface area contributed by atoms with Crippen LogP contribution in [0.15, 0.2) is 34.9 Å². The molecule has 0 unspecified atom stereocenters. The third kappa shape index (κ3) is 2.01. The topological polar surface area (TPSA) is 12.9 Å². The Bertz CT molecular complexity index is 428. The number of halogens is 2. The molecule has 1 nitrogen and oxygen atoms in total. The first-order chi connectivity index (χ1) is 5.77. The molecule has 0 radical (unpaired) electrons. The van der Waals surface area contributed by atoms with Gasteiger partial charge >= 0.3 is 0 Å². The maximum atomic E-state index is 4.27. The second kappa shape index (κ2) is 4.07. The van der Waals surface area contributed by atoms with E-state index < -0.39 is 0 Å². The van der Waals surface area contributed by atoms with Crippen LogP contribution in [0.2, 0.25) is 0 Å². The number of aromatic nitrogens is 1. The summed E-state index contributed by atoms with van der Waals surface area (Å²) in [6, 6.07) is 8.23. The molecular weight excluding hydrogens is 249 g/mol. The lowest BCUT2D eigenvalue weighted by Gasteiger charge is -2.00. The van der Waals surface area contributed by atoms with E-state index in [2.05, 4.69) is 46.0 Å². The minimum atomic E-state index is 0. The van der Waals surface area contributed by atoms with Crippen LogP contribution in [0.4, 0.5) is 0 Å². The van der Waals surface area contributed by atoms with Crippen molar-refractivity contribution in [3.05, 3.63) is 40.5 Å². The molecule has 0 aliphatic carbocycles. The number of pyridine rings is 1. The second-order valence-corrected chi connectivity index (χ2v) is 3.68. The van der Waals surface area contributed by atoms with Gasteiger partial charge in [0, 0.05) is 16.1 Å². The van der Waals surface area contributed by atoms with Gasteiger partial charge in [-0.05, 0) is 46.6 Å². The molecule has 3 heteroatoms. The van der Waals surface area contributed by atoms with Crippen LogP contribution in [0.25, 0.3) is 10.9 Å². The third-order valence-corrected chi connectivity index (χ3v) is 2.41. The standard InChI is InChI=1S/C10H8BrN.ClH/c1-7-5-8-3-2-4-12-10(8)9(11)6-7;/h2-6H,1H3;1H. The zero-order valence-electron chi connectivity index (χ0n) is 7.12. The molecule has 1 aromatic heterocycles. The SMILES string of the molecule is Cc1cc(Br)c2ncccc2c1.Cl. The molecule has 0 amide bonds. The molecule has 1 aromatic carbocycles. The molecule has 13 heavy (non-hydrogen) atoms. The lowest BCUT2D eigenvalue weighted by Crippen LogP contribution is -1.80. The molecule has 0 atom stereocenters. The van der Waals surface area contributed by atoms with Crippen LogP contribution in [-0.2, 0) is 0 Å². The van der Waals surface area contributed by atoms with Gasteiger partial charge in [-0.1, -0.05) is 6.07 Å². The first-order valence-electron chi connectivity index (χ1n) is 3.78.